The number of ether oxygens (including phenoxy) is 1. The predicted molar refractivity (Wildman–Crippen MR) is 76.3 cm³/mol. The van der Waals surface area contributed by atoms with Crippen molar-refractivity contribution in [1.82, 2.24) is 4.90 Å². The summed E-state index contributed by atoms with van der Waals surface area (Å²) < 4.78 is 5.17. The minimum absolute atomic E-state index is 0.0209. The smallest absolute Gasteiger partial charge is 0.256 e. The molecule has 2 N–H and O–H groups in total. The van der Waals surface area contributed by atoms with Crippen molar-refractivity contribution in [2.75, 3.05) is 19.4 Å². The molecule has 0 aromatic heterocycles. The van der Waals surface area contributed by atoms with Gasteiger partial charge in [0.1, 0.15) is 5.75 Å². The first-order chi connectivity index (χ1) is 9.04. The summed E-state index contributed by atoms with van der Waals surface area (Å²) in [7, 11) is 1.59. The number of methoxy groups -OCH3 is 1. The summed E-state index contributed by atoms with van der Waals surface area (Å²) in [6.45, 7) is 5.13. The molecule has 0 bridgehead atoms. The summed E-state index contributed by atoms with van der Waals surface area (Å²) in [6.07, 6.45) is 2.14. The topological polar surface area (TPSA) is 55.6 Å². The summed E-state index contributed by atoms with van der Waals surface area (Å²) in [5.41, 5.74) is 6.99. The molecule has 0 spiro atoms. The maximum Gasteiger partial charge on any atom is 0.256 e. The third-order valence-electron chi connectivity index (χ3n) is 3.82. The van der Waals surface area contributed by atoms with Crippen LogP contribution in [0.1, 0.15) is 37.0 Å². The average Bonchev–Trinajstić information content (AvgIpc) is 2.88. The zero-order valence-corrected chi connectivity index (χ0v) is 11.8. The van der Waals surface area contributed by atoms with Gasteiger partial charge in [0.2, 0.25) is 0 Å². The summed E-state index contributed by atoms with van der Waals surface area (Å²) in [6, 6.07) is 5.55. The van der Waals surface area contributed by atoms with E-state index in [9.17, 15) is 4.79 Å². The normalized spacial score (nSPS) is 18.9. The largest absolute Gasteiger partial charge is 0.497 e. The molecule has 104 valence electrons. The van der Waals surface area contributed by atoms with Gasteiger partial charge in [-0.1, -0.05) is 13.8 Å². The average molecular weight is 262 g/mol. The van der Waals surface area contributed by atoms with E-state index in [0.717, 1.165) is 19.4 Å². The second kappa shape index (κ2) is 5.51. The van der Waals surface area contributed by atoms with E-state index in [-0.39, 0.29) is 5.91 Å². The van der Waals surface area contributed by atoms with E-state index in [4.69, 9.17) is 10.5 Å². The molecule has 1 aliphatic rings. The Labute approximate surface area is 114 Å². The lowest BCUT2D eigenvalue weighted by Gasteiger charge is -2.28. The molecule has 1 fully saturated rings. The molecule has 1 saturated heterocycles. The second-order valence-electron chi connectivity index (χ2n) is 5.41. The molecule has 1 unspecified atom stereocenters. The lowest BCUT2D eigenvalue weighted by atomic mass is 10.0. The lowest BCUT2D eigenvalue weighted by Crippen LogP contribution is -2.38. The maximum absolute atomic E-state index is 12.6. The molecule has 1 atom stereocenters. The Bertz CT molecular complexity index is 471. The van der Waals surface area contributed by atoms with Gasteiger partial charge >= 0.3 is 0 Å². The van der Waals surface area contributed by atoms with E-state index in [0.29, 0.717) is 29.0 Å². The van der Waals surface area contributed by atoms with Gasteiger partial charge in [-0.25, -0.2) is 0 Å². The first-order valence-corrected chi connectivity index (χ1v) is 6.79. The number of rotatable bonds is 3. The molecule has 1 aromatic rings. The van der Waals surface area contributed by atoms with Crippen LogP contribution in [0.4, 0.5) is 5.69 Å². The Hall–Kier alpha value is -1.71. The van der Waals surface area contributed by atoms with Crippen molar-refractivity contribution in [3.63, 3.8) is 0 Å². The third-order valence-corrected chi connectivity index (χ3v) is 3.82. The minimum atomic E-state index is 0.0209. The van der Waals surface area contributed by atoms with Crippen molar-refractivity contribution in [3.8, 4) is 5.75 Å². The summed E-state index contributed by atoms with van der Waals surface area (Å²) in [5, 5.41) is 0. The number of hydrogen-bond donors (Lipinski definition) is 1. The van der Waals surface area contributed by atoms with Gasteiger partial charge in [-0.2, -0.15) is 0 Å². The standard InChI is InChI=1S/C15H22N2O2/c1-10(2)14-5-4-8-17(14)15(18)12-9-11(19-3)6-7-13(12)16/h6-7,9-10,14H,4-5,8,16H2,1-3H3. The van der Waals surface area contributed by atoms with E-state index in [1.54, 1.807) is 25.3 Å². The van der Waals surface area contributed by atoms with Gasteiger partial charge in [-0.05, 0) is 37.0 Å². The Morgan fingerprint density at radius 1 is 1.47 bits per heavy atom. The molecule has 4 heteroatoms. The van der Waals surface area contributed by atoms with Crippen LogP contribution >= 0.6 is 0 Å². The Morgan fingerprint density at radius 3 is 2.84 bits per heavy atom. The number of carbonyl (C=O) groups is 1. The highest BCUT2D eigenvalue weighted by molar-refractivity contribution is 5.99. The van der Waals surface area contributed by atoms with Crippen LogP contribution in [0.3, 0.4) is 0 Å². The van der Waals surface area contributed by atoms with E-state index < -0.39 is 0 Å². The van der Waals surface area contributed by atoms with E-state index in [2.05, 4.69) is 13.8 Å². The minimum Gasteiger partial charge on any atom is -0.497 e. The van der Waals surface area contributed by atoms with Crippen molar-refractivity contribution in [3.05, 3.63) is 23.8 Å². The van der Waals surface area contributed by atoms with Gasteiger partial charge in [0.25, 0.3) is 5.91 Å². The summed E-state index contributed by atoms with van der Waals surface area (Å²) >= 11 is 0. The highest BCUT2D eigenvalue weighted by Crippen LogP contribution is 2.28. The van der Waals surface area contributed by atoms with Crippen molar-refractivity contribution in [2.45, 2.75) is 32.7 Å². The number of nitrogens with two attached hydrogens (primary N) is 1. The van der Waals surface area contributed by atoms with Gasteiger partial charge < -0.3 is 15.4 Å². The van der Waals surface area contributed by atoms with E-state index in [1.165, 1.54) is 0 Å². The van der Waals surface area contributed by atoms with Crippen LogP contribution < -0.4 is 10.5 Å². The van der Waals surface area contributed by atoms with Crippen molar-refractivity contribution < 1.29 is 9.53 Å². The monoisotopic (exact) mass is 262 g/mol. The lowest BCUT2D eigenvalue weighted by molar-refractivity contribution is 0.0702. The molecule has 1 heterocycles. The Morgan fingerprint density at radius 2 is 2.21 bits per heavy atom. The maximum atomic E-state index is 12.6. The molecule has 2 rings (SSSR count). The third kappa shape index (κ3) is 2.67. The molecule has 0 saturated carbocycles. The summed E-state index contributed by atoms with van der Waals surface area (Å²) in [5.74, 6) is 1.16. The zero-order chi connectivity index (χ0) is 14.0. The van der Waals surface area contributed by atoms with Gasteiger partial charge in [0.05, 0.1) is 12.7 Å². The number of likely N-dealkylation sites (tertiary alicyclic amines) is 1. The number of carbonyl (C=O) groups excluding carboxylic acids is 1. The van der Waals surface area contributed by atoms with Gasteiger partial charge in [0, 0.05) is 18.3 Å². The molecular formula is C15H22N2O2. The molecule has 4 nitrogen and oxygen atoms in total. The van der Waals surface area contributed by atoms with E-state index in [1.807, 2.05) is 4.90 Å². The highest BCUT2D eigenvalue weighted by atomic mass is 16.5. The molecule has 0 aliphatic carbocycles. The number of benzene rings is 1. The van der Waals surface area contributed by atoms with Crippen LogP contribution in [-0.4, -0.2) is 30.5 Å². The van der Waals surface area contributed by atoms with Crippen molar-refractivity contribution >= 4 is 11.6 Å². The highest BCUT2D eigenvalue weighted by Gasteiger charge is 2.32. The summed E-state index contributed by atoms with van der Waals surface area (Å²) in [4.78, 5) is 14.6. The molecule has 1 aliphatic heterocycles. The second-order valence-corrected chi connectivity index (χ2v) is 5.41. The van der Waals surface area contributed by atoms with Crippen LogP contribution in [0.5, 0.6) is 5.75 Å². The van der Waals surface area contributed by atoms with Crippen LogP contribution in [0.2, 0.25) is 0 Å². The Kier molecular flexibility index (Phi) is 3.98. The fraction of sp³-hybridized carbons (Fsp3) is 0.533. The first-order valence-electron chi connectivity index (χ1n) is 6.79. The predicted octanol–water partition coefficient (Wildman–Crippen LogP) is 2.54. The number of nitrogens with zero attached hydrogens (tertiary/aromatic N) is 1. The molecule has 19 heavy (non-hydrogen) atoms. The number of amides is 1. The number of anilines is 1. The quantitative estimate of drug-likeness (QED) is 0.852. The van der Waals surface area contributed by atoms with Gasteiger partial charge in [-0.15, -0.1) is 0 Å². The molecular weight excluding hydrogens is 240 g/mol. The van der Waals surface area contributed by atoms with Crippen molar-refractivity contribution in [2.24, 2.45) is 5.92 Å². The van der Waals surface area contributed by atoms with Crippen molar-refractivity contribution in [1.29, 1.82) is 0 Å². The molecule has 1 aromatic carbocycles. The number of nitrogen functional groups attached to an aromatic ring is 1. The van der Waals surface area contributed by atoms with E-state index >= 15 is 0 Å². The van der Waals surface area contributed by atoms with Gasteiger partial charge in [0.15, 0.2) is 0 Å². The van der Waals surface area contributed by atoms with Crippen LogP contribution in [0.25, 0.3) is 0 Å². The molecule has 0 radical (unpaired) electrons. The SMILES string of the molecule is COc1ccc(N)c(C(=O)N2CCCC2C(C)C)c1. The number of hydrogen-bond acceptors (Lipinski definition) is 3. The fourth-order valence-electron chi connectivity index (χ4n) is 2.74. The Balaban J connectivity index is 2.28. The van der Waals surface area contributed by atoms with Crippen LogP contribution in [0, 0.1) is 5.92 Å². The zero-order valence-electron chi connectivity index (χ0n) is 11.8. The molecule has 1 amide bonds. The fourth-order valence-corrected chi connectivity index (χ4v) is 2.74. The van der Waals surface area contributed by atoms with Gasteiger partial charge in [-0.3, -0.25) is 4.79 Å². The first kappa shape index (κ1) is 13.7. The van der Waals surface area contributed by atoms with Crippen LogP contribution in [0.15, 0.2) is 18.2 Å². The van der Waals surface area contributed by atoms with Crippen LogP contribution in [-0.2, 0) is 0 Å².